The Kier molecular flexibility index (Phi) is 4.60. The first-order valence-electron chi connectivity index (χ1n) is 9.12. The standard InChI is InChI=1S/C19H24N6O/c1-26-16-10-6-5-7-13(16)11-25-12-15-17(24-25)18(23-19(20)22-15)21-14-8-3-2-4-9-14/h5-7,10,12,14H,2-4,8-9,11H2,1H3,(H3,20,21,22,23). The van der Waals surface area contributed by atoms with Gasteiger partial charge in [-0.2, -0.15) is 10.1 Å². The molecule has 1 aliphatic carbocycles. The molecule has 7 heteroatoms. The number of benzene rings is 1. The van der Waals surface area contributed by atoms with E-state index in [-0.39, 0.29) is 5.95 Å². The smallest absolute Gasteiger partial charge is 0.222 e. The van der Waals surface area contributed by atoms with Crippen LogP contribution < -0.4 is 15.8 Å². The predicted molar refractivity (Wildman–Crippen MR) is 102 cm³/mol. The van der Waals surface area contributed by atoms with Gasteiger partial charge in [0.1, 0.15) is 11.3 Å². The Morgan fingerprint density at radius 1 is 1.19 bits per heavy atom. The molecule has 2 aromatic heterocycles. The summed E-state index contributed by atoms with van der Waals surface area (Å²) in [6.07, 6.45) is 8.05. The molecule has 0 atom stereocenters. The first kappa shape index (κ1) is 16.6. The number of para-hydroxylation sites is 1. The summed E-state index contributed by atoms with van der Waals surface area (Å²) in [4.78, 5) is 8.75. The van der Waals surface area contributed by atoms with Crippen LogP contribution in [-0.2, 0) is 6.54 Å². The lowest BCUT2D eigenvalue weighted by Gasteiger charge is -2.23. The molecule has 7 nitrogen and oxygen atoms in total. The molecule has 0 saturated heterocycles. The number of ether oxygens (including phenoxy) is 1. The van der Waals surface area contributed by atoms with Crippen LogP contribution in [0, 0.1) is 0 Å². The van der Waals surface area contributed by atoms with Gasteiger partial charge in [0, 0.05) is 11.6 Å². The van der Waals surface area contributed by atoms with E-state index in [0.29, 0.717) is 12.6 Å². The van der Waals surface area contributed by atoms with Crippen LogP contribution in [0.2, 0.25) is 0 Å². The number of hydrogen-bond acceptors (Lipinski definition) is 6. The molecule has 0 amide bonds. The van der Waals surface area contributed by atoms with Gasteiger partial charge in [0.2, 0.25) is 5.95 Å². The highest BCUT2D eigenvalue weighted by molar-refractivity contribution is 5.85. The molecule has 0 spiro atoms. The molecule has 136 valence electrons. The normalized spacial score (nSPS) is 15.3. The second kappa shape index (κ2) is 7.19. The topological polar surface area (TPSA) is 90.9 Å². The number of rotatable bonds is 5. The van der Waals surface area contributed by atoms with Crippen molar-refractivity contribution in [1.29, 1.82) is 0 Å². The second-order valence-corrected chi connectivity index (χ2v) is 6.78. The van der Waals surface area contributed by atoms with Crippen LogP contribution in [0.1, 0.15) is 37.7 Å². The zero-order chi connectivity index (χ0) is 17.9. The van der Waals surface area contributed by atoms with Crippen molar-refractivity contribution in [3.05, 3.63) is 36.0 Å². The van der Waals surface area contributed by atoms with Crippen LogP contribution in [0.25, 0.3) is 11.0 Å². The Balaban J connectivity index is 1.64. The lowest BCUT2D eigenvalue weighted by atomic mass is 9.95. The summed E-state index contributed by atoms with van der Waals surface area (Å²) < 4.78 is 7.30. The predicted octanol–water partition coefficient (Wildman–Crippen LogP) is 3.21. The molecular formula is C19H24N6O. The number of nitrogens with zero attached hydrogens (tertiary/aromatic N) is 4. The Hall–Kier alpha value is -2.83. The molecule has 0 aliphatic heterocycles. The van der Waals surface area contributed by atoms with Crippen molar-refractivity contribution >= 4 is 22.8 Å². The number of anilines is 2. The summed E-state index contributed by atoms with van der Waals surface area (Å²) in [5.41, 5.74) is 8.50. The van der Waals surface area contributed by atoms with Gasteiger partial charge in [0.25, 0.3) is 0 Å². The molecule has 1 aromatic carbocycles. The van der Waals surface area contributed by atoms with Gasteiger partial charge < -0.3 is 15.8 Å². The monoisotopic (exact) mass is 352 g/mol. The fourth-order valence-corrected chi connectivity index (χ4v) is 3.61. The van der Waals surface area contributed by atoms with Gasteiger partial charge in [0.05, 0.1) is 19.9 Å². The van der Waals surface area contributed by atoms with Gasteiger partial charge in [-0.05, 0) is 18.9 Å². The molecule has 4 rings (SSSR count). The molecule has 2 heterocycles. The second-order valence-electron chi connectivity index (χ2n) is 6.78. The quantitative estimate of drug-likeness (QED) is 0.733. The van der Waals surface area contributed by atoms with E-state index in [9.17, 15) is 0 Å². The van der Waals surface area contributed by atoms with E-state index < -0.39 is 0 Å². The Morgan fingerprint density at radius 2 is 2.00 bits per heavy atom. The summed E-state index contributed by atoms with van der Waals surface area (Å²) >= 11 is 0. The van der Waals surface area contributed by atoms with Crippen molar-refractivity contribution in [3.63, 3.8) is 0 Å². The number of fused-ring (bicyclic) bond motifs is 1. The Labute approximate surface area is 152 Å². The highest BCUT2D eigenvalue weighted by Gasteiger charge is 2.18. The van der Waals surface area contributed by atoms with Crippen molar-refractivity contribution in [3.8, 4) is 5.75 Å². The van der Waals surface area contributed by atoms with Gasteiger partial charge >= 0.3 is 0 Å². The van der Waals surface area contributed by atoms with Crippen molar-refractivity contribution < 1.29 is 4.74 Å². The maximum absolute atomic E-state index is 5.92. The number of nitrogens with one attached hydrogen (secondary N) is 1. The third-order valence-corrected chi connectivity index (χ3v) is 4.90. The molecule has 3 aromatic rings. The molecule has 26 heavy (non-hydrogen) atoms. The van der Waals surface area contributed by atoms with Gasteiger partial charge in [0.15, 0.2) is 11.3 Å². The van der Waals surface area contributed by atoms with Gasteiger partial charge in [-0.1, -0.05) is 37.5 Å². The van der Waals surface area contributed by atoms with Crippen LogP contribution in [0.3, 0.4) is 0 Å². The lowest BCUT2D eigenvalue weighted by Crippen LogP contribution is -2.23. The molecule has 3 N–H and O–H groups in total. The van der Waals surface area contributed by atoms with Crippen molar-refractivity contribution in [2.45, 2.75) is 44.7 Å². The van der Waals surface area contributed by atoms with Crippen LogP contribution >= 0.6 is 0 Å². The van der Waals surface area contributed by atoms with Gasteiger partial charge in [-0.15, -0.1) is 0 Å². The van der Waals surface area contributed by atoms with Crippen LogP contribution in [-0.4, -0.2) is 32.9 Å². The molecule has 0 unspecified atom stereocenters. The molecule has 1 saturated carbocycles. The largest absolute Gasteiger partial charge is 0.496 e. The highest BCUT2D eigenvalue weighted by atomic mass is 16.5. The minimum atomic E-state index is 0.271. The van der Waals surface area contributed by atoms with E-state index in [1.165, 1.54) is 19.3 Å². The number of nitrogens with two attached hydrogens (primary N) is 1. The minimum Gasteiger partial charge on any atom is -0.496 e. The van der Waals surface area contributed by atoms with E-state index in [0.717, 1.165) is 41.0 Å². The van der Waals surface area contributed by atoms with Crippen molar-refractivity contribution in [1.82, 2.24) is 19.7 Å². The number of aromatic nitrogens is 4. The van der Waals surface area contributed by atoms with Gasteiger partial charge in [-0.25, -0.2) is 4.98 Å². The van der Waals surface area contributed by atoms with E-state index in [4.69, 9.17) is 15.6 Å². The molecule has 0 bridgehead atoms. The SMILES string of the molecule is COc1ccccc1Cn1cc2nc(N)nc(NC3CCCCC3)c2n1. The average molecular weight is 352 g/mol. The first-order chi connectivity index (χ1) is 12.7. The van der Waals surface area contributed by atoms with Crippen LogP contribution in [0.4, 0.5) is 11.8 Å². The molecule has 1 aliphatic rings. The minimum absolute atomic E-state index is 0.271. The van der Waals surface area contributed by atoms with Crippen molar-refractivity contribution in [2.75, 3.05) is 18.2 Å². The summed E-state index contributed by atoms with van der Waals surface area (Å²) in [6, 6.07) is 8.37. The lowest BCUT2D eigenvalue weighted by molar-refractivity contribution is 0.407. The fourth-order valence-electron chi connectivity index (χ4n) is 3.61. The third kappa shape index (κ3) is 3.42. The summed E-state index contributed by atoms with van der Waals surface area (Å²) in [5, 5.41) is 8.24. The zero-order valence-electron chi connectivity index (χ0n) is 15.0. The average Bonchev–Trinajstić information content (AvgIpc) is 3.05. The van der Waals surface area contributed by atoms with E-state index in [2.05, 4.69) is 15.3 Å². The molecule has 1 fully saturated rings. The maximum atomic E-state index is 5.92. The van der Waals surface area contributed by atoms with Crippen molar-refractivity contribution in [2.24, 2.45) is 0 Å². The van der Waals surface area contributed by atoms with Crippen LogP contribution in [0.15, 0.2) is 30.5 Å². The number of nitrogen functional groups attached to an aromatic ring is 1. The third-order valence-electron chi connectivity index (χ3n) is 4.90. The van der Waals surface area contributed by atoms with E-state index in [1.807, 2.05) is 35.1 Å². The summed E-state index contributed by atoms with van der Waals surface area (Å²) in [6.45, 7) is 0.600. The zero-order valence-corrected chi connectivity index (χ0v) is 15.0. The molecule has 0 radical (unpaired) electrons. The Morgan fingerprint density at radius 3 is 2.81 bits per heavy atom. The molecular weight excluding hydrogens is 328 g/mol. The summed E-state index contributed by atoms with van der Waals surface area (Å²) in [7, 11) is 1.68. The van der Waals surface area contributed by atoms with E-state index in [1.54, 1.807) is 7.11 Å². The van der Waals surface area contributed by atoms with E-state index >= 15 is 0 Å². The highest BCUT2D eigenvalue weighted by Crippen LogP contribution is 2.26. The fraction of sp³-hybridized carbons (Fsp3) is 0.421. The number of hydrogen-bond donors (Lipinski definition) is 2. The van der Waals surface area contributed by atoms with Crippen LogP contribution in [0.5, 0.6) is 5.75 Å². The van der Waals surface area contributed by atoms with Gasteiger partial charge in [-0.3, -0.25) is 4.68 Å². The Bertz CT molecular complexity index is 900. The summed E-state index contributed by atoms with van der Waals surface area (Å²) in [5.74, 6) is 1.85. The number of methoxy groups -OCH3 is 1. The first-order valence-corrected chi connectivity index (χ1v) is 9.12. The maximum Gasteiger partial charge on any atom is 0.222 e.